The lowest BCUT2D eigenvalue weighted by Gasteiger charge is -2.20. The fourth-order valence-corrected chi connectivity index (χ4v) is 4.12. The molecular formula is C22H20ClNO3S. The molecule has 4 nitrogen and oxygen atoms in total. The molecule has 0 saturated heterocycles. The standard InChI is InChI=1S/C22H20ClNO3S/c1-13(15-6-4-3-5-7-15)14(2)21(25)24-18-12-28-20(19(18)22(26)27)16-8-10-17(23)11-9-16/h3-14H,1-2H3,(H,24,25)(H,26,27). The summed E-state index contributed by atoms with van der Waals surface area (Å²) in [4.78, 5) is 25.2. The van der Waals surface area contributed by atoms with Crippen LogP contribution in [0.4, 0.5) is 5.69 Å². The van der Waals surface area contributed by atoms with Crippen LogP contribution in [0.25, 0.3) is 10.4 Å². The van der Waals surface area contributed by atoms with Crippen molar-refractivity contribution in [1.29, 1.82) is 0 Å². The predicted molar refractivity (Wildman–Crippen MR) is 114 cm³/mol. The average molecular weight is 414 g/mol. The van der Waals surface area contributed by atoms with Crippen LogP contribution in [-0.2, 0) is 4.79 Å². The van der Waals surface area contributed by atoms with Crippen molar-refractivity contribution in [3.8, 4) is 10.4 Å². The number of carboxylic acid groups (broad SMARTS) is 1. The Bertz CT molecular complexity index is 983. The van der Waals surface area contributed by atoms with Crippen molar-refractivity contribution in [2.45, 2.75) is 19.8 Å². The van der Waals surface area contributed by atoms with E-state index < -0.39 is 5.97 Å². The SMILES string of the molecule is CC(C(=O)Nc1csc(-c2ccc(Cl)cc2)c1C(=O)O)C(C)c1ccccc1. The number of thiophene rings is 1. The van der Waals surface area contributed by atoms with Crippen LogP contribution in [0.1, 0.15) is 35.7 Å². The van der Waals surface area contributed by atoms with Gasteiger partial charge in [-0.05, 0) is 29.2 Å². The van der Waals surface area contributed by atoms with E-state index in [2.05, 4.69) is 5.32 Å². The van der Waals surface area contributed by atoms with Gasteiger partial charge in [-0.25, -0.2) is 4.79 Å². The molecular weight excluding hydrogens is 394 g/mol. The zero-order valence-corrected chi connectivity index (χ0v) is 17.1. The van der Waals surface area contributed by atoms with Crippen molar-refractivity contribution in [3.63, 3.8) is 0 Å². The maximum atomic E-state index is 12.8. The molecule has 3 aromatic rings. The molecule has 2 atom stereocenters. The van der Waals surface area contributed by atoms with E-state index >= 15 is 0 Å². The molecule has 0 saturated carbocycles. The monoisotopic (exact) mass is 413 g/mol. The van der Waals surface area contributed by atoms with E-state index in [1.807, 2.05) is 44.2 Å². The number of rotatable bonds is 6. The van der Waals surface area contributed by atoms with Crippen LogP contribution in [0.2, 0.25) is 5.02 Å². The molecule has 0 aliphatic carbocycles. The molecule has 2 unspecified atom stereocenters. The first-order chi connectivity index (χ1) is 13.4. The van der Waals surface area contributed by atoms with Crippen LogP contribution in [-0.4, -0.2) is 17.0 Å². The third-order valence-corrected chi connectivity index (χ3v) is 6.14. The van der Waals surface area contributed by atoms with Gasteiger partial charge in [-0.1, -0.05) is 67.9 Å². The highest BCUT2D eigenvalue weighted by Gasteiger charge is 2.25. The number of hydrogen-bond donors (Lipinski definition) is 2. The van der Waals surface area contributed by atoms with E-state index in [1.54, 1.807) is 29.6 Å². The van der Waals surface area contributed by atoms with Crippen molar-refractivity contribution in [2.24, 2.45) is 5.92 Å². The topological polar surface area (TPSA) is 66.4 Å². The molecule has 3 rings (SSSR count). The maximum absolute atomic E-state index is 12.8. The van der Waals surface area contributed by atoms with Crippen LogP contribution >= 0.6 is 22.9 Å². The van der Waals surface area contributed by atoms with Gasteiger partial charge >= 0.3 is 5.97 Å². The Morgan fingerprint density at radius 2 is 1.68 bits per heavy atom. The molecule has 0 spiro atoms. The van der Waals surface area contributed by atoms with Gasteiger partial charge in [0.1, 0.15) is 5.56 Å². The van der Waals surface area contributed by atoms with Gasteiger partial charge in [-0.2, -0.15) is 0 Å². The molecule has 0 radical (unpaired) electrons. The minimum absolute atomic E-state index is 0.00356. The van der Waals surface area contributed by atoms with Gasteiger partial charge in [0.15, 0.2) is 0 Å². The third kappa shape index (κ3) is 4.26. The second-order valence-electron chi connectivity index (χ2n) is 6.64. The first-order valence-corrected chi connectivity index (χ1v) is 10.1. The molecule has 6 heteroatoms. The number of nitrogens with one attached hydrogen (secondary N) is 1. The Kier molecular flexibility index (Phi) is 6.17. The summed E-state index contributed by atoms with van der Waals surface area (Å²) >= 11 is 7.20. The molecule has 0 aliphatic rings. The molecule has 28 heavy (non-hydrogen) atoms. The minimum Gasteiger partial charge on any atom is -0.478 e. The van der Waals surface area contributed by atoms with Crippen LogP contribution in [0, 0.1) is 5.92 Å². The lowest BCUT2D eigenvalue weighted by atomic mass is 9.88. The second kappa shape index (κ2) is 8.59. The highest BCUT2D eigenvalue weighted by atomic mass is 35.5. The zero-order valence-electron chi connectivity index (χ0n) is 15.5. The van der Waals surface area contributed by atoms with Crippen molar-refractivity contribution in [3.05, 3.63) is 76.1 Å². The van der Waals surface area contributed by atoms with E-state index in [-0.39, 0.29) is 23.3 Å². The largest absolute Gasteiger partial charge is 0.478 e. The van der Waals surface area contributed by atoms with Crippen molar-refractivity contribution >= 4 is 40.5 Å². The molecule has 1 heterocycles. The van der Waals surface area contributed by atoms with Crippen LogP contribution in [0.3, 0.4) is 0 Å². The molecule has 1 aromatic heterocycles. The van der Waals surface area contributed by atoms with E-state index in [0.29, 0.717) is 15.6 Å². The van der Waals surface area contributed by atoms with Crippen molar-refractivity contribution < 1.29 is 14.7 Å². The first kappa shape index (κ1) is 20.1. The Balaban J connectivity index is 1.85. The number of anilines is 1. The Hall–Kier alpha value is -2.63. The Morgan fingerprint density at radius 3 is 2.29 bits per heavy atom. The number of carbonyl (C=O) groups is 2. The molecule has 2 aromatic carbocycles. The summed E-state index contributed by atoms with van der Waals surface area (Å²) in [6, 6.07) is 16.8. The van der Waals surface area contributed by atoms with Gasteiger partial charge < -0.3 is 10.4 Å². The second-order valence-corrected chi connectivity index (χ2v) is 7.96. The lowest BCUT2D eigenvalue weighted by Crippen LogP contribution is -2.25. The summed E-state index contributed by atoms with van der Waals surface area (Å²) in [6.07, 6.45) is 0. The molecule has 0 aliphatic heterocycles. The van der Waals surface area contributed by atoms with Gasteiger partial charge in [0.05, 0.1) is 10.6 Å². The minimum atomic E-state index is -1.08. The zero-order chi connectivity index (χ0) is 20.3. The lowest BCUT2D eigenvalue weighted by molar-refractivity contribution is -0.119. The number of hydrogen-bond acceptors (Lipinski definition) is 3. The highest BCUT2D eigenvalue weighted by molar-refractivity contribution is 7.14. The van der Waals surface area contributed by atoms with Gasteiger partial charge in [0, 0.05) is 16.3 Å². The Morgan fingerprint density at radius 1 is 1.04 bits per heavy atom. The van der Waals surface area contributed by atoms with Gasteiger partial charge in [-0.15, -0.1) is 11.3 Å². The molecule has 2 N–H and O–H groups in total. The third-order valence-electron chi connectivity index (χ3n) is 4.86. The smallest absolute Gasteiger partial charge is 0.339 e. The maximum Gasteiger partial charge on any atom is 0.339 e. The normalized spacial score (nSPS) is 13.0. The van der Waals surface area contributed by atoms with Crippen LogP contribution in [0.15, 0.2) is 60.0 Å². The summed E-state index contributed by atoms with van der Waals surface area (Å²) in [5, 5.41) is 14.8. The Labute approximate surface area is 172 Å². The number of aromatic carboxylic acids is 1. The average Bonchev–Trinajstić information content (AvgIpc) is 3.11. The van der Waals surface area contributed by atoms with Crippen LogP contribution in [0.5, 0.6) is 0 Å². The molecule has 144 valence electrons. The molecule has 1 amide bonds. The van der Waals surface area contributed by atoms with E-state index in [0.717, 1.165) is 11.1 Å². The summed E-state index contributed by atoms with van der Waals surface area (Å²) in [5.41, 5.74) is 2.23. The van der Waals surface area contributed by atoms with E-state index in [9.17, 15) is 14.7 Å². The molecule has 0 bridgehead atoms. The number of carbonyl (C=O) groups excluding carboxylic acids is 1. The fourth-order valence-electron chi connectivity index (χ4n) is 2.99. The highest BCUT2D eigenvalue weighted by Crippen LogP contribution is 2.37. The predicted octanol–water partition coefficient (Wildman–Crippen LogP) is 6.15. The number of carboxylic acids is 1. The fraction of sp³-hybridized carbons (Fsp3) is 0.182. The number of amides is 1. The number of benzene rings is 2. The van der Waals surface area contributed by atoms with Crippen LogP contribution < -0.4 is 5.32 Å². The van der Waals surface area contributed by atoms with Gasteiger partial charge in [0.2, 0.25) is 5.91 Å². The summed E-state index contributed by atoms with van der Waals surface area (Å²) in [6.45, 7) is 3.84. The van der Waals surface area contributed by atoms with Gasteiger partial charge in [-0.3, -0.25) is 4.79 Å². The quantitative estimate of drug-likeness (QED) is 0.509. The first-order valence-electron chi connectivity index (χ1n) is 8.85. The van der Waals surface area contributed by atoms with E-state index in [1.165, 1.54) is 11.3 Å². The summed E-state index contributed by atoms with van der Waals surface area (Å²) < 4.78 is 0. The van der Waals surface area contributed by atoms with Crippen molar-refractivity contribution in [2.75, 3.05) is 5.32 Å². The molecule has 0 fully saturated rings. The van der Waals surface area contributed by atoms with Gasteiger partial charge in [0.25, 0.3) is 0 Å². The summed E-state index contributed by atoms with van der Waals surface area (Å²) in [5.74, 6) is -1.60. The number of halogens is 1. The summed E-state index contributed by atoms with van der Waals surface area (Å²) in [7, 11) is 0. The van der Waals surface area contributed by atoms with Crippen molar-refractivity contribution in [1.82, 2.24) is 0 Å². The van der Waals surface area contributed by atoms with E-state index in [4.69, 9.17) is 11.6 Å².